The Kier molecular flexibility index (Phi) is 4.04. The topological polar surface area (TPSA) is 55.0 Å². The Morgan fingerprint density at radius 2 is 2.05 bits per heavy atom. The van der Waals surface area contributed by atoms with Crippen molar-refractivity contribution in [3.63, 3.8) is 0 Å². The molecule has 0 amide bonds. The Morgan fingerprint density at radius 3 is 2.75 bits per heavy atom. The van der Waals surface area contributed by atoms with E-state index in [0.29, 0.717) is 12.6 Å². The zero-order chi connectivity index (χ0) is 13.8. The van der Waals surface area contributed by atoms with Gasteiger partial charge in [0.25, 0.3) is 0 Å². The predicted octanol–water partition coefficient (Wildman–Crippen LogP) is 2.31. The number of aromatic nitrogens is 2. The van der Waals surface area contributed by atoms with Crippen molar-refractivity contribution < 1.29 is 0 Å². The van der Waals surface area contributed by atoms with Crippen LogP contribution in [-0.4, -0.2) is 28.0 Å². The maximum atomic E-state index is 6.04. The summed E-state index contributed by atoms with van der Waals surface area (Å²) in [5, 5.41) is 0. The predicted molar refractivity (Wildman–Crippen MR) is 79.0 cm³/mol. The molecule has 4 nitrogen and oxygen atoms in total. The van der Waals surface area contributed by atoms with Crippen molar-refractivity contribution in [3.8, 4) is 0 Å². The van der Waals surface area contributed by atoms with Crippen LogP contribution in [0.25, 0.3) is 0 Å². The number of hydrogen-bond acceptors (Lipinski definition) is 4. The van der Waals surface area contributed by atoms with Crippen LogP contribution in [0.3, 0.4) is 0 Å². The first-order chi connectivity index (χ1) is 9.90. The molecule has 1 fully saturated rings. The summed E-state index contributed by atoms with van der Waals surface area (Å²) in [6.45, 7) is 1.71. The molecule has 1 aliphatic heterocycles. The highest BCUT2D eigenvalue weighted by molar-refractivity contribution is 5.20. The number of nitrogens with two attached hydrogens (primary N) is 1. The molecule has 2 unspecified atom stereocenters. The molecular formula is C16H20N4. The molecule has 1 saturated heterocycles. The highest BCUT2D eigenvalue weighted by atomic mass is 15.2. The maximum Gasteiger partial charge on any atom is 0.0491 e. The third-order valence-corrected chi connectivity index (χ3v) is 4.08. The van der Waals surface area contributed by atoms with Gasteiger partial charge in [0.15, 0.2) is 0 Å². The van der Waals surface area contributed by atoms with Crippen molar-refractivity contribution in [1.29, 1.82) is 0 Å². The molecule has 0 radical (unpaired) electrons. The van der Waals surface area contributed by atoms with Gasteiger partial charge in [-0.05, 0) is 48.7 Å². The molecule has 0 bridgehead atoms. The number of nitrogens with zero attached hydrogens (tertiary/aromatic N) is 3. The van der Waals surface area contributed by atoms with E-state index >= 15 is 0 Å². The van der Waals surface area contributed by atoms with Gasteiger partial charge in [-0.15, -0.1) is 0 Å². The van der Waals surface area contributed by atoms with Gasteiger partial charge in [0.2, 0.25) is 0 Å². The maximum absolute atomic E-state index is 6.04. The molecule has 1 aliphatic rings. The van der Waals surface area contributed by atoms with Gasteiger partial charge in [0, 0.05) is 43.4 Å². The minimum absolute atomic E-state index is 0.240. The van der Waals surface area contributed by atoms with E-state index in [1.807, 2.05) is 24.7 Å². The molecule has 20 heavy (non-hydrogen) atoms. The summed E-state index contributed by atoms with van der Waals surface area (Å²) in [5.74, 6) is 0. The zero-order valence-corrected chi connectivity index (χ0v) is 11.5. The van der Waals surface area contributed by atoms with Crippen LogP contribution in [0.1, 0.15) is 36.1 Å². The van der Waals surface area contributed by atoms with Crippen LogP contribution in [-0.2, 0) is 0 Å². The second kappa shape index (κ2) is 6.11. The Hall–Kier alpha value is -1.78. The van der Waals surface area contributed by atoms with Crippen molar-refractivity contribution in [2.24, 2.45) is 5.73 Å². The van der Waals surface area contributed by atoms with E-state index in [1.54, 1.807) is 6.20 Å². The number of pyridine rings is 2. The van der Waals surface area contributed by atoms with E-state index in [0.717, 1.165) is 6.54 Å². The Balaban J connectivity index is 1.87. The van der Waals surface area contributed by atoms with Crippen LogP contribution in [0.4, 0.5) is 0 Å². The lowest BCUT2D eigenvalue weighted by molar-refractivity contribution is 0.185. The first-order valence-electron chi connectivity index (χ1n) is 7.16. The average molecular weight is 268 g/mol. The molecule has 3 rings (SSSR count). The quantitative estimate of drug-likeness (QED) is 0.924. The molecule has 0 spiro atoms. The van der Waals surface area contributed by atoms with Gasteiger partial charge in [0.1, 0.15) is 0 Å². The normalized spacial score (nSPS) is 20.9. The van der Waals surface area contributed by atoms with Gasteiger partial charge in [-0.3, -0.25) is 14.9 Å². The molecule has 2 aromatic rings. The van der Waals surface area contributed by atoms with E-state index < -0.39 is 0 Å². The largest absolute Gasteiger partial charge is 0.329 e. The van der Waals surface area contributed by atoms with Crippen LogP contribution < -0.4 is 5.73 Å². The Morgan fingerprint density at radius 1 is 1.20 bits per heavy atom. The van der Waals surface area contributed by atoms with Crippen molar-refractivity contribution in [3.05, 3.63) is 60.2 Å². The highest BCUT2D eigenvalue weighted by Gasteiger charge is 2.31. The fraction of sp³-hybridized carbons (Fsp3) is 0.375. The van der Waals surface area contributed by atoms with E-state index in [9.17, 15) is 0 Å². The standard InChI is InChI=1S/C16H20N4/c17-11-16(14-3-1-7-19-12-14)20-10-2-4-15(20)13-5-8-18-9-6-13/h1,3,5-9,12,15-16H,2,4,10-11,17H2. The fourth-order valence-corrected chi connectivity index (χ4v) is 3.14. The molecule has 4 heteroatoms. The summed E-state index contributed by atoms with van der Waals surface area (Å²) in [6.07, 6.45) is 9.87. The second-order valence-electron chi connectivity index (χ2n) is 5.21. The van der Waals surface area contributed by atoms with Gasteiger partial charge in [-0.25, -0.2) is 0 Å². The summed E-state index contributed by atoms with van der Waals surface area (Å²) >= 11 is 0. The first-order valence-corrected chi connectivity index (χ1v) is 7.16. The van der Waals surface area contributed by atoms with Crippen LogP contribution >= 0.6 is 0 Å². The molecule has 2 N–H and O–H groups in total. The Labute approximate surface area is 119 Å². The zero-order valence-electron chi connectivity index (χ0n) is 11.5. The van der Waals surface area contributed by atoms with Gasteiger partial charge >= 0.3 is 0 Å². The molecule has 0 aromatic carbocycles. The molecule has 3 heterocycles. The second-order valence-corrected chi connectivity index (χ2v) is 5.21. The minimum atomic E-state index is 0.240. The lowest BCUT2D eigenvalue weighted by atomic mass is 10.0. The molecule has 104 valence electrons. The van der Waals surface area contributed by atoms with Crippen molar-refractivity contribution in [2.45, 2.75) is 24.9 Å². The van der Waals surface area contributed by atoms with Gasteiger partial charge in [-0.1, -0.05) is 6.07 Å². The summed E-state index contributed by atoms with van der Waals surface area (Å²) < 4.78 is 0. The molecule has 2 atom stereocenters. The van der Waals surface area contributed by atoms with Gasteiger partial charge < -0.3 is 5.73 Å². The van der Waals surface area contributed by atoms with E-state index in [2.05, 4.69) is 33.1 Å². The average Bonchev–Trinajstić information content (AvgIpc) is 2.99. The number of likely N-dealkylation sites (tertiary alicyclic amines) is 1. The first kappa shape index (κ1) is 13.2. The lowest BCUT2D eigenvalue weighted by Crippen LogP contribution is -2.33. The van der Waals surface area contributed by atoms with Crippen LogP contribution in [0.2, 0.25) is 0 Å². The molecule has 0 aliphatic carbocycles. The van der Waals surface area contributed by atoms with Crippen molar-refractivity contribution >= 4 is 0 Å². The third-order valence-electron chi connectivity index (χ3n) is 4.08. The van der Waals surface area contributed by atoms with Crippen LogP contribution in [0.15, 0.2) is 49.1 Å². The highest BCUT2D eigenvalue weighted by Crippen LogP contribution is 2.37. The van der Waals surface area contributed by atoms with Gasteiger partial charge in [-0.2, -0.15) is 0 Å². The van der Waals surface area contributed by atoms with Gasteiger partial charge in [0.05, 0.1) is 0 Å². The molecule has 2 aromatic heterocycles. The number of rotatable bonds is 4. The van der Waals surface area contributed by atoms with Crippen LogP contribution in [0, 0.1) is 0 Å². The van der Waals surface area contributed by atoms with Crippen molar-refractivity contribution in [2.75, 3.05) is 13.1 Å². The SMILES string of the molecule is NCC(c1cccnc1)N1CCCC1c1ccncc1. The monoisotopic (exact) mass is 268 g/mol. The van der Waals surface area contributed by atoms with Crippen LogP contribution in [0.5, 0.6) is 0 Å². The molecular weight excluding hydrogens is 248 g/mol. The number of hydrogen-bond donors (Lipinski definition) is 1. The van der Waals surface area contributed by atoms with Crippen molar-refractivity contribution in [1.82, 2.24) is 14.9 Å². The fourth-order valence-electron chi connectivity index (χ4n) is 3.14. The summed E-state index contributed by atoms with van der Waals surface area (Å²) in [5.41, 5.74) is 8.58. The Bertz CT molecular complexity index is 529. The third kappa shape index (κ3) is 2.57. The summed E-state index contributed by atoms with van der Waals surface area (Å²) in [4.78, 5) is 10.8. The smallest absolute Gasteiger partial charge is 0.0491 e. The minimum Gasteiger partial charge on any atom is -0.329 e. The summed E-state index contributed by atoms with van der Waals surface area (Å²) in [6, 6.07) is 9.00. The lowest BCUT2D eigenvalue weighted by Gasteiger charge is -2.32. The van der Waals surface area contributed by atoms with E-state index in [-0.39, 0.29) is 6.04 Å². The van der Waals surface area contributed by atoms with E-state index in [1.165, 1.54) is 24.0 Å². The summed E-state index contributed by atoms with van der Waals surface area (Å²) in [7, 11) is 0. The van der Waals surface area contributed by atoms with E-state index in [4.69, 9.17) is 5.73 Å². The molecule has 0 saturated carbocycles.